The summed E-state index contributed by atoms with van der Waals surface area (Å²) in [6.07, 6.45) is 4.25. The molecule has 2 aromatic heterocycles. The minimum atomic E-state index is -4.54. The number of alkyl halides is 3. The molecule has 8 heteroatoms. The van der Waals surface area contributed by atoms with Gasteiger partial charge >= 0.3 is 6.18 Å². The fourth-order valence-corrected chi connectivity index (χ4v) is 3.98. The highest BCUT2D eigenvalue weighted by atomic mass is 19.4. The lowest BCUT2D eigenvalue weighted by molar-refractivity contribution is -0.137. The Morgan fingerprint density at radius 2 is 1.74 bits per heavy atom. The molecule has 0 aliphatic heterocycles. The van der Waals surface area contributed by atoms with Crippen LogP contribution >= 0.6 is 0 Å². The number of benzene rings is 3. The summed E-state index contributed by atoms with van der Waals surface area (Å²) in [7, 11) is 0. The van der Waals surface area contributed by atoms with Crippen molar-refractivity contribution in [2.75, 3.05) is 0 Å². The number of fused-ring (bicyclic) bond motifs is 2. The first kappa shape index (κ1) is 22.2. The average Bonchev–Trinajstić information content (AvgIpc) is 3.21. The molecule has 5 nitrogen and oxygen atoms in total. The maximum absolute atomic E-state index is 13.4. The Bertz CT molecular complexity index is 1700. The van der Waals surface area contributed by atoms with Crippen molar-refractivity contribution >= 4 is 28.0 Å². The molecule has 0 unspecified atom stereocenters. The molecule has 0 radical (unpaired) electrons. The van der Waals surface area contributed by atoms with Gasteiger partial charge in [0.2, 0.25) is 0 Å². The van der Waals surface area contributed by atoms with E-state index in [2.05, 4.69) is 16.0 Å². The second-order valence-electron chi connectivity index (χ2n) is 7.83. The van der Waals surface area contributed by atoms with Crippen LogP contribution in [0.5, 0.6) is 0 Å². The van der Waals surface area contributed by atoms with Crippen LogP contribution in [0.25, 0.3) is 33.2 Å². The quantitative estimate of drug-likeness (QED) is 0.255. The van der Waals surface area contributed by atoms with Crippen molar-refractivity contribution < 1.29 is 13.2 Å². The van der Waals surface area contributed by atoms with Crippen molar-refractivity contribution in [1.29, 1.82) is 0 Å². The molecule has 0 saturated heterocycles. The lowest BCUT2D eigenvalue weighted by Crippen LogP contribution is -2.20. The third kappa shape index (κ3) is 4.08. The molecule has 0 bridgehead atoms. The topological polar surface area (TPSA) is 52.2 Å². The molecule has 2 heterocycles. The second kappa shape index (κ2) is 8.61. The van der Waals surface area contributed by atoms with E-state index < -0.39 is 17.3 Å². The third-order valence-electron chi connectivity index (χ3n) is 5.60. The summed E-state index contributed by atoms with van der Waals surface area (Å²) in [5.41, 5.74) is 0.744. The van der Waals surface area contributed by atoms with E-state index >= 15 is 0 Å². The van der Waals surface area contributed by atoms with Gasteiger partial charge in [-0.25, -0.2) is 4.98 Å². The Balaban J connectivity index is 1.72. The summed E-state index contributed by atoms with van der Waals surface area (Å²) >= 11 is 0. The zero-order valence-electron chi connectivity index (χ0n) is 18.2. The predicted molar refractivity (Wildman–Crippen MR) is 130 cm³/mol. The Morgan fingerprint density at radius 3 is 2.51 bits per heavy atom. The molecule has 5 aromatic rings. The molecular formula is C27H17F3N4O. The van der Waals surface area contributed by atoms with E-state index in [1.54, 1.807) is 24.3 Å². The van der Waals surface area contributed by atoms with Crippen LogP contribution in [0.3, 0.4) is 0 Å². The van der Waals surface area contributed by atoms with Crippen LogP contribution in [-0.4, -0.2) is 20.4 Å². The van der Waals surface area contributed by atoms with Gasteiger partial charge in [-0.3, -0.25) is 4.79 Å². The maximum atomic E-state index is 13.4. The fraction of sp³-hybridized carbons (Fsp3) is 0.0741. The van der Waals surface area contributed by atoms with Crippen molar-refractivity contribution in [3.05, 3.63) is 100 Å². The van der Waals surface area contributed by atoms with Gasteiger partial charge < -0.3 is 4.57 Å². The first-order valence-electron chi connectivity index (χ1n) is 10.6. The van der Waals surface area contributed by atoms with Crippen LogP contribution < -0.4 is 5.56 Å². The average molecular weight is 470 g/mol. The number of aromatic nitrogens is 3. The molecule has 3 aromatic carbocycles. The highest BCUT2D eigenvalue weighted by Crippen LogP contribution is 2.32. The van der Waals surface area contributed by atoms with Gasteiger partial charge in [-0.1, -0.05) is 48.4 Å². The number of terminal acetylenes is 1. The van der Waals surface area contributed by atoms with Gasteiger partial charge in [0.15, 0.2) is 5.82 Å². The number of hydrogen-bond acceptors (Lipinski definition) is 3. The summed E-state index contributed by atoms with van der Waals surface area (Å²) in [6, 6.07) is 18.9. The summed E-state index contributed by atoms with van der Waals surface area (Å²) in [5.74, 6) is 2.61. The van der Waals surface area contributed by atoms with Crippen molar-refractivity contribution in [2.45, 2.75) is 12.7 Å². The Hall–Kier alpha value is -4.64. The Morgan fingerprint density at radius 1 is 1.00 bits per heavy atom. The van der Waals surface area contributed by atoms with Gasteiger partial charge in [0.25, 0.3) is 5.56 Å². The first-order valence-corrected chi connectivity index (χ1v) is 10.6. The van der Waals surface area contributed by atoms with Gasteiger partial charge in [-0.05, 0) is 30.3 Å². The zero-order valence-corrected chi connectivity index (χ0v) is 18.2. The molecule has 0 atom stereocenters. The Kier molecular flexibility index (Phi) is 5.46. The second-order valence-corrected chi connectivity index (χ2v) is 7.83. The highest BCUT2D eigenvalue weighted by molar-refractivity contribution is 5.99. The van der Waals surface area contributed by atoms with Crippen molar-refractivity contribution in [2.24, 2.45) is 5.10 Å². The summed E-state index contributed by atoms with van der Waals surface area (Å²) < 4.78 is 43.0. The van der Waals surface area contributed by atoms with Crippen molar-refractivity contribution in [1.82, 2.24) is 14.2 Å². The zero-order chi connectivity index (χ0) is 24.6. The van der Waals surface area contributed by atoms with Crippen molar-refractivity contribution in [3.8, 4) is 23.7 Å². The van der Waals surface area contributed by atoms with E-state index in [0.29, 0.717) is 23.0 Å². The van der Waals surface area contributed by atoms with Crippen LogP contribution in [-0.2, 0) is 12.7 Å². The molecule has 0 aliphatic carbocycles. The van der Waals surface area contributed by atoms with E-state index in [4.69, 9.17) is 6.42 Å². The van der Waals surface area contributed by atoms with Crippen LogP contribution in [0.15, 0.2) is 88.9 Å². The molecule has 0 saturated carbocycles. The minimum absolute atomic E-state index is 0.00316. The van der Waals surface area contributed by atoms with E-state index in [1.165, 1.54) is 18.3 Å². The van der Waals surface area contributed by atoms with E-state index in [9.17, 15) is 18.0 Å². The maximum Gasteiger partial charge on any atom is 0.416 e. The summed E-state index contributed by atoms with van der Waals surface area (Å²) in [4.78, 5) is 17.8. The van der Waals surface area contributed by atoms with Crippen molar-refractivity contribution in [3.63, 3.8) is 0 Å². The van der Waals surface area contributed by atoms with Gasteiger partial charge in [0.05, 0.1) is 29.2 Å². The predicted octanol–water partition coefficient (Wildman–Crippen LogP) is 5.55. The molecule has 0 spiro atoms. The SMILES string of the molecule is C#CCn1cc(C=Nn2c(-c3cccc(C(F)(F)F)c3)nc3ccccc3c2=O)c2ccccc21. The number of hydrogen-bond donors (Lipinski definition) is 0. The van der Waals surface area contributed by atoms with Crippen LogP contribution in [0.2, 0.25) is 0 Å². The normalized spacial score (nSPS) is 11.9. The molecule has 5 rings (SSSR count). The third-order valence-corrected chi connectivity index (χ3v) is 5.60. The van der Waals surface area contributed by atoms with Gasteiger partial charge in [-0.2, -0.15) is 22.9 Å². The van der Waals surface area contributed by atoms with Crippen LogP contribution in [0.1, 0.15) is 11.1 Å². The van der Waals surface area contributed by atoms with E-state index in [1.807, 2.05) is 35.0 Å². The standard InChI is InChI=1S/C27H17F3N4O/c1-2-14-33-17-19(21-10-4-6-13-24(21)33)16-31-34-25(18-8-7-9-20(15-18)27(28,29)30)32-23-12-5-3-11-22(23)26(34)35/h1,3-13,15-17H,14H2. The fourth-order valence-electron chi connectivity index (χ4n) is 3.98. The van der Waals surface area contributed by atoms with Gasteiger partial charge in [-0.15, -0.1) is 6.42 Å². The number of rotatable bonds is 4. The van der Waals surface area contributed by atoms with Crippen LogP contribution in [0.4, 0.5) is 13.2 Å². The summed E-state index contributed by atoms with van der Waals surface area (Å²) in [6.45, 7) is 0.349. The highest BCUT2D eigenvalue weighted by Gasteiger charge is 2.31. The monoisotopic (exact) mass is 470 g/mol. The number of halogens is 3. The lowest BCUT2D eigenvalue weighted by atomic mass is 10.1. The first-order chi connectivity index (χ1) is 16.9. The molecule has 0 amide bonds. The number of nitrogens with zero attached hydrogens (tertiary/aromatic N) is 4. The van der Waals surface area contributed by atoms with E-state index in [0.717, 1.165) is 27.7 Å². The molecule has 0 N–H and O–H groups in total. The van der Waals surface area contributed by atoms with Crippen LogP contribution in [0, 0.1) is 12.3 Å². The Labute approximate surface area is 197 Å². The molecule has 172 valence electrons. The van der Waals surface area contributed by atoms with E-state index in [-0.39, 0.29) is 11.4 Å². The summed E-state index contributed by atoms with van der Waals surface area (Å²) in [5, 5.41) is 5.56. The van der Waals surface area contributed by atoms with Gasteiger partial charge in [0, 0.05) is 28.2 Å². The molecular weight excluding hydrogens is 453 g/mol. The molecule has 0 fully saturated rings. The molecule has 35 heavy (non-hydrogen) atoms. The largest absolute Gasteiger partial charge is 0.416 e. The smallest absolute Gasteiger partial charge is 0.335 e. The molecule has 0 aliphatic rings. The van der Waals surface area contributed by atoms with Gasteiger partial charge in [0.1, 0.15) is 0 Å². The lowest BCUT2D eigenvalue weighted by Gasteiger charge is -2.12. The minimum Gasteiger partial charge on any atom is -0.335 e. The number of para-hydroxylation sites is 2.